The average Bonchev–Trinajstić information content (AvgIpc) is 2.34. The number of nitrogens with one attached hydrogen (secondary N) is 1. The minimum Gasteiger partial charge on any atom is -0.496 e. The molecule has 0 amide bonds. The normalized spacial score (nSPS) is 12.2. The summed E-state index contributed by atoms with van der Waals surface area (Å²) < 4.78 is 5.22. The van der Waals surface area contributed by atoms with Gasteiger partial charge < -0.3 is 15.2 Å². The van der Waals surface area contributed by atoms with Crippen LogP contribution in [0.3, 0.4) is 0 Å². The number of benzene rings is 1. The highest BCUT2D eigenvalue weighted by Crippen LogP contribution is 2.18. The molecule has 1 aromatic rings. The van der Waals surface area contributed by atoms with Crippen LogP contribution in [0.25, 0.3) is 0 Å². The van der Waals surface area contributed by atoms with E-state index in [2.05, 4.69) is 17.4 Å². The zero-order valence-electron chi connectivity index (χ0n) is 11.9. The number of rotatable bonds is 8. The van der Waals surface area contributed by atoms with E-state index in [9.17, 15) is 4.79 Å². The fraction of sp³-hybridized carbons (Fsp3) is 0.533. The molecule has 0 saturated carbocycles. The third-order valence-electron chi connectivity index (χ3n) is 3.07. The van der Waals surface area contributed by atoms with Gasteiger partial charge in [0.15, 0.2) is 0 Å². The van der Waals surface area contributed by atoms with E-state index in [0.29, 0.717) is 0 Å². The van der Waals surface area contributed by atoms with E-state index in [-0.39, 0.29) is 12.3 Å². The van der Waals surface area contributed by atoms with E-state index in [4.69, 9.17) is 9.84 Å². The zero-order valence-corrected chi connectivity index (χ0v) is 11.9. The fourth-order valence-electron chi connectivity index (χ4n) is 2.05. The fourth-order valence-corrected chi connectivity index (χ4v) is 2.05. The summed E-state index contributed by atoms with van der Waals surface area (Å²) in [6.07, 6.45) is 1.15. The van der Waals surface area contributed by atoms with Gasteiger partial charge in [0.2, 0.25) is 0 Å². The lowest BCUT2D eigenvalue weighted by Crippen LogP contribution is -2.24. The molecule has 19 heavy (non-hydrogen) atoms. The number of hydrogen-bond acceptors (Lipinski definition) is 3. The molecule has 1 rings (SSSR count). The van der Waals surface area contributed by atoms with Gasteiger partial charge in [0, 0.05) is 6.42 Å². The summed E-state index contributed by atoms with van der Waals surface area (Å²) in [4.78, 5) is 10.5. The molecule has 0 aromatic heterocycles. The van der Waals surface area contributed by atoms with E-state index in [0.717, 1.165) is 30.8 Å². The summed E-state index contributed by atoms with van der Waals surface area (Å²) in [6, 6.07) is 6.17. The Morgan fingerprint density at radius 1 is 1.47 bits per heavy atom. The maximum atomic E-state index is 10.5. The molecular formula is C15H23NO3. The van der Waals surface area contributed by atoms with Gasteiger partial charge in [-0.05, 0) is 49.5 Å². The first kappa shape index (κ1) is 15.5. The molecule has 0 aliphatic rings. The van der Waals surface area contributed by atoms with Gasteiger partial charge in [0.25, 0.3) is 0 Å². The quantitative estimate of drug-likeness (QED) is 0.708. The molecule has 4 nitrogen and oxygen atoms in total. The van der Waals surface area contributed by atoms with Gasteiger partial charge in [-0.15, -0.1) is 0 Å². The minimum absolute atomic E-state index is 0.162. The van der Waals surface area contributed by atoms with Crippen molar-refractivity contribution >= 4 is 5.97 Å². The first-order chi connectivity index (χ1) is 9.02. The van der Waals surface area contributed by atoms with Gasteiger partial charge in [-0.1, -0.05) is 19.1 Å². The van der Waals surface area contributed by atoms with Crippen LogP contribution in [-0.2, 0) is 11.2 Å². The Kier molecular flexibility index (Phi) is 6.36. The second-order valence-corrected chi connectivity index (χ2v) is 4.96. The minimum atomic E-state index is -0.736. The molecule has 0 spiro atoms. The first-order valence-electron chi connectivity index (χ1n) is 6.59. The van der Waals surface area contributed by atoms with Gasteiger partial charge in [0.05, 0.1) is 7.11 Å². The summed E-state index contributed by atoms with van der Waals surface area (Å²) in [6.45, 7) is 5.57. The standard InChI is InChI=1S/C15H23NO3/c1-11(8-15(17)18)10-16-7-6-13-4-5-14(19-3)12(2)9-13/h4-5,9,11,16H,6-8,10H2,1-3H3,(H,17,18). The maximum Gasteiger partial charge on any atom is 0.303 e. The third-order valence-corrected chi connectivity index (χ3v) is 3.07. The van der Waals surface area contributed by atoms with Crippen molar-refractivity contribution in [1.29, 1.82) is 0 Å². The molecule has 1 aromatic carbocycles. The highest BCUT2D eigenvalue weighted by molar-refractivity contribution is 5.66. The lowest BCUT2D eigenvalue weighted by Gasteiger charge is -2.11. The van der Waals surface area contributed by atoms with Crippen molar-refractivity contribution in [2.24, 2.45) is 5.92 Å². The van der Waals surface area contributed by atoms with Gasteiger partial charge in [-0.2, -0.15) is 0 Å². The average molecular weight is 265 g/mol. The smallest absolute Gasteiger partial charge is 0.303 e. The van der Waals surface area contributed by atoms with E-state index >= 15 is 0 Å². The Morgan fingerprint density at radius 3 is 2.79 bits per heavy atom. The van der Waals surface area contributed by atoms with Crippen LogP contribution in [0.2, 0.25) is 0 Å². The summed E-state index contributed by atoms with van der Waals surface area (Å²) in [5, 5.41) is 12.0. The number of hydrogen-bond donors (Lipinski definition) is 2. The maximum absolute atomic E-state index is 10.5. The lowest BCUT2D eigenvalue weighted by molar-refractivity contribution is -0.137. The van der Waals surface area contributed by atoms with Crippen LogP contribution in [0.1, 0.15) is 24.5 Å². The second-order valence-electron chi connectivity index (χ2n) is 4.96. The highest BCUT2D eigenvalue weighted by Gasteiger charge is 2.06. The molecule has 0 heterocycles. The number of methoxy groups -OCH3 is 1. The Morgan fingerprint density at radius 2 is 2.21 bits per heavy atom. The first-order valence-corrected chi connectivity index (χ1v) is 6.59. The van der Waals surface area contributed by atoms with Crippen LogP contribution >= 0.6 is 0 Å². The second kappa shape index (κ2) is 7.79. The van der Waals surface area contributed by atoms with Crippen molar-refractivity contribution < 1.29 is 14.6 Å². The van der Waals surface area contributed by atoms with Gasteiger partial charge in [-0.3, -0.25) is 4.79 Å². The van der Waals surface area contributed by atoms with Gasteiger partial charge >= 0.3 is 5.97 Å². The summed E-state index contributed by atoms with van der Waals surface area (Å²) in [5.41, 5.74) is 2.40. The molecule has 1 atom stereocenters. The Balaban J connectivity index is 2.29. The molecule has 0 aliphatic carbocycles. The van der Waals surface area contributed by atoms with Crippen molar-refractivity contribution in [3.63, 3.8) is 0 Å². The van der Waals surface area contributed by atoms with E-state index in [1.165, 1.54) is 5.56 Å². The van der Waals surface area contributed by atoms with Crippen molar-refractivity contribution in [1.82, 2.24) is 5.32 Å². The van der Waals surface area contributed by atoms with Crippen LogP contribution in [0.4, 0.5) is 0 Å². The van der Waals surface area contributed by atoms with Gasteiger partial charge in [-0.25, -0.2) is 0 Å². The van der Waals surface area contributed by atoms with Gasteiger partial charge in [0.1, 0.15) is 5.75 Å². The molecular weight excluding hydrogens is 242 g/mol. The number of aliphatic carboxylic acids is 1. The lowest BCUT2D eigenvalue weighted by atomic mass is 10.1. The highest BCUT2D eigenvalue weighted by atomic mass is 16.5. The number of ether oxygens (including phenoxy) is 1. The predicted octanol–water partition coefficient (Wildman–Crippen LogP) is 2.25. The molecule has 0 fully saturated rings. The zero-order chi connectivity index (χ0) is 14.3. The molecule has 1 unspecified atom stereocenters. The molecule has 0 saturated heterocycles. The SMILES string of the molecule is COc1ccc(CCNCC(C)CC(=O)O)cc1C. The summed E-state index contributed by atoms with van der Waals surface area (Å²) in [7, 11) is 1.67. The number of carbonyl (C=O) groups is 1. The molecule has 106 valence electrons. The van der Waals surface area contributed by atoms with Crippen molar-refractivity contribution in [3.05, 3.63) is 29.3 Å². The van der Waals surface area contributed by atoms with Crippen molar-refractivity contribution in [3.8, 4) is 5.75 Å². The Labute approximate surface area is 114 Å². The van der Waals surface area contributed by atoms with Crippen molar-refractivity contribution in [2.75, 3.05) is 20.2 Å². The van der Waals surface area contributed by atoms with Crippen LogP contribution < -0.4 is 10.1 Å². The summed E-state index contributed by atoms with van der Waals surface area (Å²) >= 11 is 0. The monoisotopic (exact) mass is 265 g/mol. The molecule has 4 heteroatoms. The van der Waals surface area contributed by atoms with Crippen LogP contribution in [0.15, 0.2) is 18.2 Å². The van der Waals surface area contributed by atoms with Crippen LogP contribution in [0.5, 0.6) is 5.75 Å². The molecule has 0 aliphatic heterocycles. The van der Waals surface area contributed by atoms with Crippen LogP contribution in [-0.4, -0.2) is 31.3 Å². The predicted molar refractivity (Wildman–Crippen MR) is 75.7 cm³/mol. The number of carboxylic acid groups (broad SMARTS) is 1. The van der Waals surface area contributed by atoms with Crippen molar-refractivity contribution in [2.45, 2.75) is 26.7 Å². The van der Waals surface area contributed by atoms with E-state index in [1.54, 1.807) is 7.11 Å². The Hall–Kier alpha value is -1.55. The number of aryl methyl sites for hydroxylation is 1. The van der Waals surface area contributed by atoms with Crippen LogP contribution in [0, 0.1) is 12.8 Å². The third kappa shape index (κ3) is 5.75. The van der Waals surface area contributed by atoms with E-state index < -0.39 is 5.97 Å². The molecule has 0 bridgehead atoms. The molecule has 0 radical (unpaired) electrons. The Bertz CT molecular complexity index is 418. The number of carboxylic acids is 1. The molecule has 2 N–H and O–H groups in total. The topological polar surface area (TPSA) is 58.6 Å². The summed E-state index contributed by atoms with van der Waals surface area (Å²) in [5.74, 6) is 0.335. The largest absolute Gasteiger partial charge is 0.496 e. The van der Waals surface area contributed by atoms with E-state index in [1.807, 2.05) is 19.9 Å².